The molecule has 2 bridgehead atoms. The monoisotopic (exact) mass is 559 g/mol. The number of ether oxygens (including phenoxy) is 2. The van der Waals surface area contributed by atoms with Crippen LogP contribution in [-0.4, -0.2) is 34.7 Å². The van der Waals surface area contributed by atoms with E-state index >= 15 is 0 Å². The Kier molecular flexibility index (Phi) is 6.04. The van der Waals surface area contributed by atoms with E-state index in [0.29, 0.717) is 22.5 Å². The summed E-state index contributed by atoms with van der Waals surface area (Å²) in [7, 11) is 0. The summed E-state index contributed by atoms with van der Waals surface area (Å²) in [5.74, 6) is 0.265. The molecular formula is C28H25F4N3O3S. The second kappa shape index (κ2) is 9.48. The zero-order valence-corrected chi connectivity index (χ0v) is 21.6. The first kappa shape index (κ1) is 24.8. The standard InChI is InChI=1S/C28H25F4N3O3S/c29-21-5-3-7-23-25(21)33-27(39-23)35-16-10-11-17(35)13-18(12-16)36-14-20-24(34-38-26(20)15-8-9-15)19-4-1-2-6-22(19)37-28(30,31)32/h1-7,15-18H,8-14H2. The van der Waals surface area contributed by atoms with Crippen molar-refractivity contribution < 1.29 is 31.6 Å². The highest BCUT2D eigenvalue weighted by atomic mass is 32.1. The number of aromatic nitrogens is 2. The smallest absolute Gasteiger partial charge is 0.405 e. The van der Waals surface area contributed by atoms with Gasteiger partial charge in [0, 0.05) is 29.1 Å². The number of piperidine rings is 1. The van der Waals surface area contributed by atoms with Crippen molar-refractivity contribution in [3.63, 3.8) is 0 Å². The zero-order valence-electron chi connectivity index (χ0n) is 20.8. The predicted octanol–water partition coefficient (Wildman–Crippen LogP) is 7.58. The van der Waals surface area contributed by atoms with Crippen LogP contribution in [0.4, 0.5) is 22.7 Å². The lowest BCUT2D eigenvalue weighted by molar-refractivity contribution is -0.274. The third kappa shape index (κ3) is 4.75. The van der Waals surface area contributed by atoms with E-state index in [-0.39, 0.29) is 47.8 Å². The average Bonchev–Trinajstić information content (AvgIpc) is 3.40. The molecule has 1 saturated carbocycles. The fraction of sp³-hybridized carbons (Fsp3) is 0.429. The van der Waals surface area contributed by atoms with Crippen molar-refractivity contribution >= 4 is 26.7 Å². The molecule has 2 unspecified atom stereocenters. The van der Waals surface area contributed by atoms with Crippen molar-refractivity contribution in [3.8, 4) is 17.0 Å². The minimum atomic E-state index is -4.82. The van der Waals surface area contributed by atoms with Crippen LogP contribution in [0.25, 0.3) is 21.5 Å². The molecule has 204 valence electrons. The Morgan fingerprint density at radius 3 is 2.49 bits per heavy atom. The van der Waals surface area contributed by atoms with Crippen molar-refractivity contribution in [2.75, 3.05) is 4.90 Å². The highest BCUT2D eigenvalue weighted by molar-refractivity contribution is 7.22. The second-order valence-corrected chi connectivity index (χ2v) is 11.5. The maximum absolute atomic E-state index is 14.3. The first-order valence-electron chi connectivity index (χ1n) is 13.1. The van der Waals surface area contributed by atoms with E-state index in [1.165, 1.54) is 29.5 Å². The lowest BCUT2D eigenvalue weighted by Gasteiger charge is -2.38. The Morgan fingerprint density at radius 1 is 1.00 bits per heavy atom. The SMILES string of the molecule is Fc1cccc2sc(N3C4CCC3CC(OCc3c(-c5ccccc5OC(F)(F)F)noc3C3CC3)C4)nc12. The van der Waals surface area contributed by atoms with Gasteiger partial charge in [0.2, 0.25) is 0 Å². The van der Waals surface area contributed by atoms with Gasteiger partial charge in [-0.1, -0.05) is 34.7 Å². The third-order valence-corrected chi connectivity index (χ3v) is 8.90. The van der Waals surface area contributed by atoms with Crippen LogP contribution in [0.2, 0.25) is 0 Å². The minimum absolute atomic E-state index is 0.0265. The van der Waals surface area contributed by atoms with Gasteiger partial charge in [-0.25, -0.2) is 9.37 Å². The average molecular weight is 560 g/mol. The van der Waals surface area contributed by atoms with Gasteiger partial charge in [-0.05, 0) is 62.8 Å². The Bertz CT molecular complexity index is 1500. The Balaban J connectivity index is 1.11. The topological polar surface area (TPSA) is 60.6 Å². The van der Waals surface area contributed by atoms with Gasteiger partial charge in [0.25, 0.3) is 0 Å². The van der Waals surface area contributed by atoms with E-state index in [2.05, 4.69) is 19.8 Å². The van der Waals surface area contributed by atoms with Crippen LogP contribution in [-0.2, 0) is 11.3 Å². The van der Waals surface area contributed by atoms with Crippen LogP contribution >= 0.6 is 11.3 Å². The van der Waals surface area contributed by atoms with Crippen molar-refractivity contribution in [3.05, 3.63) is 59.6 Å². The van der Waals surface area contributed by atoms with Gasteiger partial charge in [0.05, 0.1) is 17.4 Å². The maximum Gasteiger partial charge on any atom is 0.573 e. The third-order valence-electron chi connectivity index (χ3n) is 7.87. The maximum atomic E-state index is 14.3. The number of fused-ring (bicyclic) bond motifs is 3. The molecule has 2 aromatic heterocycles. The molecule has 2 atom stereocenters. The van der Waals surface area contributed by atoms with Gasteiger partial charge < -0.3 is 18.9 Å². The number of nitrogens with zero attached hydrogens (tertiary/aromatic N) is 3. The summed E-state index contributed by atoms with van der Waals surface area (Å²) in [6.45, 7) is 0.196. The lowest BCUT2D eigenvalue weighted by Crippen LogP contribution is -2.45. The number of rotatable bonds is 7. The quantitative estimate of drug-likeness (QED) is 0.218. The molecule has 2 aromatic carbocycles. The number of hydrogen-bond donors (Lipinski definition) is 0. The summed E-state index contributed by atoms with van der Waals surface area (Å²) < 4.78 is 70.7. The number of halogens is 4. The number of benzene rings is 2. The number of para-hydroxylation sites is 2. The molecule has 4 heterocycles. The summed E-state index contributed by atoms with van der Waals surface area (Å²) in [6, 6.07) is 11.5. The summed E-state index contributed by atoms with van der Waals surface area (Å²) in [5, 5.41) is 5.02. The van der Waals surface area contributed by atoms with Crippen molar-refractivity contribution in [1.29, 1.82) is 0 Å². The van der Waals surface area contributed by atoms with E-state index in [4.69, 9.17) is 9.26 Å². The van der Waals surface area contributed by atoms with Crippen LogP contribution in [0.3, 0.4) is 0 Å². The Labute approximate surface area is 225 Å². The molecule has 3 aliphatic rings. The molecule has 6 nitrogen and oxygen atoms in total. The molecule has 39 heavy (non-hydrogen) atoms. The molecule has 4 aromatic rings. The zero-order chi connectivity index (χ0) is 26.7. The van der Waals surface area contributed by atoms with Crippen molar-refractivity contribution in [1.82, 2.24) is 10.1 Å². The van der Waals surface area contributed by atoms with Crippen molar-refractivity contribution in [2.24, 2.45) is 0 Å². The first-order chi connectivity index (χ1) is 18.8. The van der Waals surface area contributed by atoms with E-state index in [1.54, 1.807) is 18.2 Å². The fourth-order valence-electron chi connectivity index (χ4n) is 6.01. The van der Waals surface area contributed by atoms with Gasteiger partial charge in [-0.3, -0.25) is 0 Å². The number of hydrogen-bond acceptors (Lipinski definition) is 7. The summed E-state index contributed by atoms with van der Waals surface area (Å²) in [6.07, 6.45) is 0.665. The molecule has 0 spiro atoms. The lowest BCUT2D eigenvalue weighted by atomic mass is 10.00. The normalized spacial score (nSPS) is 23.1. The van der Waals surface area contributed by atoms with Gasteiger partial charge >= 0.3 is 6.36 Å². The van der Waals surface area contributed by atoms with Crippen LogP contribution in [0, 0.1) is 5.82 Å². The van der Waals surface area contributed by atoms with Crippen molar-refractivity contribution in [2.45, 2.75) is 75.6 Å². The number of thiazole rings is 1. The largest absolute Gasteiger partial charge is 0.573 e. The van der Waals surface area contributed by atoms with E-state index in [9.17, 15) is 17.6 Å². The summed E-state index contributed by atoms with van der Waals surface area (Å²) >= 11 is 1.52. The van der Waals surface area contributed by atoms with Gasteiger partial charge in [0.15, 0.2) is 5.13 Å². The highest BCUT2D eigenvalue weighted by Crippen LogP contribution is 2.47. The molecule has 1 aliphatic carbocycles. The van der Waals surface area contributed by atoms with Crippen LogP contribution in [0.15, 0.2) is 47.0 Å². The number of anilines is 1. The number of alkyl halides is 3. The summed E-state index contributed by atoms with van der Waals surface area (Å²) in [4.78, 5) is 6.95. The Hall–Kier alpha value is -3.18. The second-order valence-electron chi connectivity index (χ2n) is 10.5. The van der Waals surface area contributed by atoms with E-state index in [1.807, 2.05) is 6.07 Å². The summed E-state index contributed by atoms with van der Waals surface area (Å²) in [5.41, 5.74) is 1.65. The molecule has 2 saturated heterocycles. The molecule has 3 fully saturated rings. The molecule has 0 N–H and O–H groups in total. The molecule has 0 radical (unpaired) electrons. The van der Waals surface area contributed by atoms with E-state index < -0.39 is 6.36 Å². The molecular weight excluding hydrogens is 534 g/mol. The van der Waals surface area contributed by atoms with Crippen LogP contribution in [0.5, 0.6) is 5.75 Å². The first-order valence-corrected chi connectivity index (χ1v) is 13.9. The van der Waals surface area contributed by atoms with Crippen LogP contribution in [0.1, 0.15) is 55.8 Å². The Morgan fingerprint density at radius 2 is 1.77 bits per heavy atom. The predicted molar refractivity (Wildman–Crippen MR) is 137 cm³/mol. The highest BCUT2D eigenvalue weighted by Gasteiger charge is 2.43. The molecule has 0 amide bonds. The fourth-order valence-corrected chi connectivity index (χ4v) is 7.13. The van der Waals surface area contributed by atoms with E-state index in [0.717, 1.165) is 48.4 Å². The molecule has 7 rings (SSSR count). The van der Waals surface area contributed by atoms with Crippen LogP contribution < -0.4 is 9.64 Å². The van der Waals surface area contributed by atoms with Gasteiger partial charge in [-0.15, -0.1) is 13.2 Å². The molecule has 2 aliphatic heterocycles. The minimum Gasteiger partial charge on any atom is -0.405 e. The van der Waals surface area contributed by atoms with Gasteiger partial charge in [0.1, 0.15) is 28.5 Å². The van der Waals surface area contributed by atoms with Gasteiger partial charge in [-0.2, -0.15) is 0 Å². The molecule has 11 heteroatoms.